The molecule has 7 heteroatoms. The van der Waals surface area contributed by atoms with E-state index in [9.17, 15) is 4.79 Å². The summed E-state index contributed by atoms with van der Waals surface area (Å²) in [6.07, 6.45) is 4.78. The Hall–Kier alpha value is -2.51. The first kappa shape index (κ1) is 19.5. The van der Waals surface area contributed by atoms with Gasteiger partial charge < -0.3 is 14.8 Å². The van der Waals surface area contributed by atoms with Crippen molar-refractivity contribution in [3.63, 3.8) is 0 Å². The Labute approximate surface area is 176 Å². The molecule has 2 bridgehead atoms. The number of nitrogens with zero attached hydrogens (tertiary/aromatic N) is 3. The summed E-state index contributed by atoms with van der Waals surface area (Å²) in [7, 11) is 0. The van der Waals surface area contributed by atoms with Gasteiger partial charge in [0.25, 0.3) is 0 Å². The number of amides is 1. The molecule has 0 radical (unpaired) electrons. The number of aryl methyl sites for hydroxylation is 2. The van der Waals surface area contributed by atoms with Crippen LogP contribution in [0.25, 0.3) is 11.1 Å². The van der Waals surface area contributed by atoms with E-state index in [0.29, 0.717) is 18.7 Å². The average molecular weight is 409 g/mol. The van der Waals surface area contributed by atoms with Gasteiger partial charge in [-0.1, -0.05) is 0 Å². The van der Waals surface area contributed by atoms with Crippen molar-refractivity contribution < 1.29 is 14.3 Å². The van der Waals surface area contributed by atoms with Gasteiger partial charge in [-0.15, -0.1) is 0 Å². The minimum atomic E-state index is 0.0962. The molecule has 158 valence electrons. The predicted molar refractivity (Wildman–Crippen MR) is 114 cm³/mol. The van der Waals surface area contributed by atoms with Crippen molar-refractivity contribution in [2.24, 2.45) is 5.92 Å². The predicted octanol–water partition coefficient (Wildman–Crippen LogP) is 2.96. The maximum Gasteiger partial charge on any atom is 0.227 e. The molecule has 2 saturated heterocycles. The number of nitrogens with one attached hydrogen (secondary N) is 1. The molecule has 30 heavy (non-hydrogen) atoms. The topological polar surface area (TPSA) is 76.6 Å². The summed E-state index contributed by atoms with van der Waals surface area (Å²) in [6.45, 7) is 7.11. The van der Waals surface area contributed by atoms with E-state index in [0.717, 1.165) is 66.6 Å². The zero-order valence-electron chi connectivity index (χ0n) is 17.6. The number of rotatable bonds is 7. The molecule has 0 unspecified atom stereocenters. The fourth-order valence-corrected chi connectivity index (χ4v) is 4.54. The summed E-state index contributed by atoms with van der Waals surface area (Å²) >= 11 is 0. The maximum absolute atomic E-state index is 12.2. The maximum atomic E-state index is 12.2. The highest BCUT2D eigenvalue weighted by Gasteiger charge is 2.41. The molecule has 1 N–H and O–H groups in total. The fourth-order valence-electron chi connectivity index (χ4n) is 4.54. The molecule has 0 spiro atoms. The highest BCUT2D eigenvalue weighted by Crippen LogP contribution is 2.37. The van der Waals surface area contributed by atoms with Gasteiger partial charge in [-0.3, -0.25) is 9.69 Å². The second kappa shape index (κ2) is 7.96. The van der Waals surface area contributed by atoms with E-state index in [2.05, 4.69) is 20.2 Å². The van der Waals surface area contributed by atoms with Gasteiger partial charge in [0.05, 0.1) is 13.2 Å². The number of anilines is 1. The Morgan fingerprint density at radius 3 is 2.60 bits per heavy atom. The number of ether oxygens (including phenoxy) is 2. The molecule has 2 aromatic rings. The summed E-state index contributed by atoms with van der Waals surface area (Å²) in [6, 6.07) is 6.93. The van der Waals surface area contributed by atoms with Gasteiger partial charge in [0.2, 0.25) is 5.91 Å². The minimum Gasteiger partial charge on any atom is -0.492 e. The zero-order chi connectivity index (χ0) is 20.7. The summed E-state index contributed by atoms with van der Waals surface area (Å²) < 4.78 is 11.8. The van der Waals surface area contributed by atoms with E-state index in [4.69, 9.17) is 9.47 Å². The normalized spacial score (nSPS) is 23.0. The van der Waals surface area contributed by atoms with Crippen LogP contribution >= 0.6 is 0 Å². The van der Waals surface area contributed by atoms with Crippen LogP contribution in [0.15, 0.2) is 24.5 Å². The van der Waals surface area contributed by atoms with Gasteiger partial charge in [-0.25, -0.2) is 9.97 Å². The molecule has 5 rings (SSSR count). The largest absolute Gasteiger partial charge is 0.492 e. The van der Waals surface area contributed by atoms with Crippen LogP contribution < -0.4 is 10.1 Å². The molecule has 7 nitrogen and oxygen atoms in total. The average Bonchev–Trinajstić information content (AvgIpc) is 3.58. The summed E-state index contributed by atoms with van der Waals surface area (Å²) in [4.78, 5) is 23.5. The van der Waals surface area contributed by atoms with E-state index in [1.165, 1.54) is 6.42 Å². The number of hydrogen-bond acceptors (Lipinski definition) is 6. The van der Waals surface area contributed by atoms with Crippen LogP contribution in [0.1, 0.15) is 30.7 Å². The highest BCUT2D eigenvalue weighted by atomic mass is 16.5. The minimum absolute atomic E-state index is 0.0962. The zero-order valence-corrected chi connectivity index (χ0v) is 17.6. The van der Waals surface area contributed by atoms with Crippen molar-refractivity contribution in [3.8, 4) is 16.9 Å². The van der Waals surface area contributed by atoms with Gasteiger partial charge in [0.1, 0.15) is 18.7 Å². The quantitative estimate of drug-likeness (QED) is 0.759. The number of hydrogen-bond donors (Lipinski definition) is 1. The van der Waals surface area contributed by atoms with Crippen molar-refractivity contribution >= 4 is 11.6 Å². The molecular weight excluding hydrogens is 380 g/mol. The third-order valence-corrected chi connectivity index (χ3v) is 6.40. The number of morpholine rings is 1. The Kier molecular flexibility index (Phi) is 5.16. The molecule has 3 fully saturated rings. The van der Waals surface area contributed by atoms with Crippen LogP contribution in [-0.2, 0) is 9.53 Å². The number of carbonyl (C=O) groups is 1. The molecule has 1 aromatic carbocycles. The Morgan fingerprint density at radius 2 is 1.93 bits per heavy atom. The summed E-state index contributed by atoms with van der Waals surface area (Å²) in [5.74, 6) is 1.05. The van der Waals surface area contributed by atoms with E-state index < -0.39 is 0 Å². The van der Waals surface area contributed by atoms with Crippen molar-refractivity contribution in [3.05, 3.63) is 35.9 Å². The van der Waals surface area contributed by atoms with Crippen LogP contribution in [0, 0.1) is 19.8 Å². The number of benzene rings is 1. The molecule has 2 aliphatic heterocycles. The van der Waals surface area contributed by atoms with Gasteiger partial charge >= 0.3 is 0 Å². The Bertz CT molecular complexity index is 925. The second-order valence-corrected chi connectivity index (χ2v) is 8.56. The monoisotopic (exact) mass is 408 g/mol. The van der Waals surface area contributed by atoms with Gasteiger partial charge in [0.15, 0.2) is 0 Å². The number of fused-ring (bicyclic) bond motifs is 2. The van der Waals surface area contributed by atoms with Gasteiger partial charge in [-0.2, -0.15) is 0 Å². The van der Waals surface area contributed by atoms with Crippen molar-refractivity contribution in [1.82, 2.24) is 14.9 Å². The first-order chi connectivity index (χ1) is 14.6. The number of aromatic nitrogens is 2. The van der Waals surface area contributed by atoms with E-state index in [-0.39, 0.29) is 11.8 Å². The van der Waals surface area contributed by atoms with Crippen LogP contribution in [-0.4, -0.2) is 59.2 Å². The lowest BCUT2D eigenvalue weighted by Gasteiger charge is -2.52. The van der Waals surface area contributed by atoms with E-state index >= 15 is 0 Å². The second-order valence-electron chi connectivity index (χ2n) is 8.56. The third-order valence-electron chi connectivity index (χ3n) is 6.40. The lowest BCUT2D eigenvalue weighted by molar-refractivity contribution is -0.129. The first-order valence-electron chi connectivity index (χ1n) is 10.8. The Balaban J connectivity index is 1.37. The van der Waals surface area contributed by atoms with Crippen molar-refractivity contribution in [2.75, 3.05) is 31.7 Å². The number of carbonyl (C=O) groups excluding carboxylic acids is 1. The molecular formula is C23H28N4O3. The van der Waals surface area contributed by atoms with Gasteiger partial charge in [-0.05, 0) is 51.3 Å². The summed E-state index contributed by atoms with van der Waals surface area (Å²) in [5.41, 5.74) is 4.46. The lowest BCUT2D eigenvalue weighted by atomic mass is 9.91. The van der Waals surface area contributed by atoms with Crippen LogP contribution in [0.4, 0.5) is 5.69 Å². The molecule has 1 amide bonds. The van der Waals surface area contributed by atoms with Crippen molar-refractivity contribution in [1.29, 1.82) is 0 Å². The SMILES string of the molecule is Cc1ncnc(C)c1-c1cc(NC(=O)C2CC2)ccc1OCCN1[C@@H]2COC[C@H]1C2. The molecule has 1 aliphatic carbocycles. The highest BCUT2D eigenvalue weighted by molar-refractivity contribution is 5.95. The van der Waals surface area contributed by atoms with Crippen molar-refractivity contribution in [2.45, 2.75) is 45.2 Å². The van der Waals surface area contributed by atoms with Crippen LogP contribution in [0.2, 0.25) is 0 Å². The summed E-state index contributed by atoms with van der Waals surface area (Å²) in [5, 5.41) is 3.04. The molecule has 1 saturated carbocycles. The smallest absolute Gasteiger partial charge is 0.227 e. The van der Waals surface area contributed by atoms with E-state index in [1.54, 1.807) is 6.33 Å². The molecule has 3 aliphatic rings. The molecule has 3 heterocycles. The van der Waals surface area contributed by atoms with Crippen LogP contribution in [0.5, 0.6) is 5.75 Å². The molecule has 2 atom stereocenters. The van der Waals surface area contributed by atoms with E-state index in [1.807, 2.05) is 32.0 Å². The Morgan fingerprint density at radius 1 is 1.20 bits per heavy atom. The third kappa shape index (κ3) is 3.79. The molecule has 1 aromatic heterocycles. The van der Waals surface area contributed by atoms with Gasteiger partial charge in [0, 0.05) is 52.7 Å². The van der Waals surface area contributed by atoms with Crippen LogP contribution in [0.3, 0.4) is 0 Å². The lowest BCUT2D eigenvalue weighted by Crippen LogP contribution is -2.64. The standard InChI is InChI=1S/C23H28N4O3/c1-14-22(15(2)25-13-24-14)20-9-17(26-23(28)16-3-4-16)5-6-21(20)30-8-7-27-18-10-19(27)12-29-11-18/h5-6,9,13,16,18-19H,3-4,7-8,10-12H2,1-2H3,(H,26,28)/t18-,19+. The first-order valence-corrected chi connectivity index (χ1v) is 10.8. The fraction of sp³-hybridized carbons (Fsp3) is 0.522.